The minimum atomic E-state index is -0.341. The molecule has 2 aromatic heterocycles. The molecule has 0 radical (unpaired) electrons. The Labute approximate surface area is 87.0 Å². The fourth-order valence-corrected chi connectivity index (χ4v) is 1.45. The van der Waals surface area contributed by atoms with Crippen LogP contribution < -0.4 is 5.56 Å². The standard InChI is InChI=1S/C8H6BrN3O2/c9-4-1-5-7(10-2-4)8(14)12-6(3-13)11-5/h1-2,13H,3H2,(H,11,12,14). The smallest absolute Gasteiger partial charge is 0.277 e. The van der Waals surface area contributed by atoms with Crippen molar-refractivity contribution in [2.75, 3.05) is 0 Å². The summed E-state index contributed by atoms with van der Waals surface area (Å²) >= 11 is 3.23. The van der Waals surface area contributed by atoms with Gasteiger partial charge in [-0.3, -0.25) is 4.79 Å². The highest BCUT2D eigenvalue weighted by atomic mass is 79.9. The van der Waals surface area contributed by atoms with Crippen LogP contribution in [0.15, 0.2) is 21.5 Å². The van der Waals surface area contributed by atoms with Crippen molar-refractivity contribution in [2.24, 2.45) is 0 Å². The fraction of sp³-hybridized carbons (Fsp3) is 0.125. The number of rotatable bonds is 1. The molecule has 0 bridgehead atoms. The molecule has 0 atom stereocenters. The van der Waals surface area contributed by atoms with E-state index in [1.54, 1.807) is 6.07 Å². The molecule has 2 aromatic rings. The molecule has 0 aromatic carbocycles. The van der Waals surface area contributed by atoms with Gasteiger partial charge in [0.15, 0.2) is 5.52 Å². The second-order valence-corrected chi connectivity index (χ2v) is 3.61. The summed E-state index contributed by atoms with van der Waals surface area (Å²) in [6.45, 7) is -0.294. The van der Waals surface area contributed by atoms with Crippen LogP contribution in [0.25, 0.3) is 11.0 Å². The molecule has 0 aliphatic rings. The Morgan fingerprint density at radius 1 is 1.57 bits per heavy atom. The predicted octanol–water partition coefficient (Wildman–Crippen LogP) is 0.573. The highest BCUT2D eigenvalue weighted by molar-refractivity contribution is 9.10. The maximum Gasteiger partial charge on any atom is 0.277 e. The maximum atomic E-state index is 11.4. The number of nitrogens with one attached hydrogen (secondary N) is 1. The molecule has 72 valence electrons. The molecule has 2 rings (SSSR count). The number of aromatic nitrogens is 3. The Hall–Kier alpha value is -1.27. The number of aromatic amines is 1. The Kier molecular flexibility index (Phi) is 2.30. The van der Waals surface area contributed by atoms with E-state index in [9.17, 15) is 4.79 Å². The van der Waals surface area contributed by atoms with Crippen LogP contribution in [0.4, 0.5) is 0 Å². The summed E-state index contributed by atoms with van der Waals surface area (Å²) in [4.78, 5) is 21.7. The van der Waals surface area contributed by atoms with E-state index in [2.05, 4.69) is 30.9 Å². The van der Waals surface area contributed by atoms with E-state index in [1.807, 2.05) is 0 Å². The number of aliphatic hydroxyl groups excluding tert-OH is 1. The number of nitrogens with zero attached hydrogens (tertiary/aromatic N) is 2. The Bertz CT molecular complexity index is 538. The van der Waals surface area contributed by atoms with E-state index in [1.165, 1.54) is 6.20 Å². The van der Waals surface area contributed by atoms with Crippen LogP contribution >= 0.6 is 15.9 Å². The number of halogens is 1. The number of pyridine rings is 1. The fourth-order valence-electron chi connectivity index (χ4n) is 1.13. The molecule has 14 heavy (non-hydrogen) atoms. The predicted molar refractivity (Wildman–Crippen MR) is 53.8 cm³/mol. The molecule has 0 amide bonds. The van der Waals surface area contributed by atoms with Gasteiger partial charge in [0.05, 0.1) is 5.52 Å². The first-order valence-electron chi connectivity index (χ1n) is 3.86. The molecule has 0 saturated heterocycles. The Balaban J connectivity index is 2.84. The first-order chi connectivity index (χ1) is 6.70. The van der Waals surface area contributed by atoms with Crippen LogP contribution in [0.5, 0.6) is 0 Å². The summed E-state index contributed by atoms with van der Waals surface area (Å²) in [5.41, 5.74) is 0.393. The first kappa shape index (κ1) is 9.29. The molecular formula is C8H6BrN3O2. The highest BCUT2D eigenvalue weighted by Gasteiger charge is 2.04. The van der Waals surface area contributed by atoms with Crippen molar-refractivity contribution in [2.45, 2.75) is 6.61 Å². The zero-order valence-electron chi connectivity index (χ0n) is 6.99. The van der Waals surface area contributed by atoms with Gasteiger partial charge in [0.1, 0.15) is 12.4 Å². The third kappa shape index (κ3) is 1.53. The molecule has 0 aliphatic carbocycles. The average molecular weight is 256 g/mol. The van der Waals surface area contributed by atoms with Crippen LogP contribution in [0, 0.1) is 0 Å². The van der Waals surface area contributed by atoms with Gasteiger partial charge in [-0.15, -0.1) is 0 Å². The van der Waals surface area contributed by atoms with Crippen molar-refractivity contribution < 1.29 is 5.11 Å². The largest absolute Gasteiger partial charge is 0.388 e. The van der Waals surface area contributed by atoms with Gasteiger partial charge >= 0.3 is 0 Å². The second kappa shape index (κ2) is 3.47. The third-order valence-electron chi connectivity index (χ3n) is 1.71. The van der Waals surface area contributed by atoms with Crippen LogP contribution in [-0.2, 0) is 6.61 Å². The van der Waals surface area contributed by atoms with E-state index >= 15 is 0 Å². The van der Waals surface area contributed by atoms with Gasteiger partial charge in [0, 0.05) is 10.7 Å². The molecule has 6 heteroatoms. The Morgan fingerprint density at radius 2 is 2.36 bits per heavy atom. The van der Waals surface area contributed by atoms with Gasteiger partial charge in [-0.25, -0.2) is 9.97 Å². The zero-order valence-corrected chi connectivity index (χ0v) is 8.58. The number of fused-ring (bicyclic) bond motifs is 1. The van der Waals surface area contributed by atoms with Crippen molar-refractivity contribution in [1.82, 2.24) is 15.0 Å². The van der Waals surface area contributed by atoms with E-state index in [0.29, 0.717) is 5.52 Å². The summed E-state index contributed by atoms with van der Waals surface area (Å²) in [6.07, 6.45) is 1.53. The SMILES string of the molecule is O=c1[nH]c(CO)nc2cc(Br)cnc12. The average Bonchev–Trinajstić information content (AvgIpc) is 2.16. The lowest BCUT2D eigenvalue weighted by molar-refractivity contribution is 0.271. The highest BCUT2D eigenvalue weighted by Crippen LogP contribution is 2.12. The molecule has 5 nitrogen and oxygen atoms in total. The molecular weight excluding hydrogens is 250 g/mol. The van der Waals surface area contributed by atoms with Gasteiger partial charge in [0.25, 0.3) is 5.56 Å². The minimum Gasteiger partial charge on any atom is -0.388 e. The lowest BCUT2D eigenvalue weighted by atomic mass is 10.3. The van der Waals surface area contributed by atoms with Crippen molar-refractivity contribution in [3.63, 3.8) is 0 Å². The maximum absolute atomic E-state index is 11.4. The van der Waals surface area contributed by atoms with Crippen LogP contribution in [-0.4, -0.2) is 20.1 Å². The summed E-state index contributed by atoms with van der Waals surface area (Å²) < 4.78 is 0.743. The van der Waals surface area contributed by atoms with Gasteiger partial charge in [-0.1, -0.05) is 0 Å². The van der Waals surface area contributed by atoms with E-state index in [-0.39, 0.29) is 23.5 Å². The lowest BCUT2D eigenvalue weighted by Crippen LogP contribution is -2.12. The zero-order chi connectivity index (χ0) is 10.1. The Morgan fingerprint density at radius 3 is 3.07 bits per heavy atom. The molecule has 2 heterocycles. The topological polar surface area (TPSA) is 78.9 Å². The van der Waals surface area contributed by atoms with Gasteiger partial charge in [0.2, 0.25) is 0 Å². The molecule has 2 N–H and O–H groups in total. The molecule has 0 spiro atoms. The molecule has 0 fully saturated rings. The summed E-state index contributed by atoms with van der Waals surface area (Å²) in [6, 6.07) is 1.68. The van der Waals surface area contributed by atoms with Gasteiger partial charge < -0.3 is 10.1 Å². The number of hydrogen-bond donors (Lipinski definition) is 2. The molecule has 0 aliphatic heterocycles. The van der Waals surface area contributed by atoms with E-state index in [4.69, 9.17) is 5.11 Å². The second-order valence-electron chi connectivity index (χ2n) is 2.69. The molecule has 0 unspecified atom stereocenters. The van der Waals surface area contributed by atoms with E-state index < -0.39 is 0 Å². The van der Waals surface area contributed by atoms with Gasteiger partial charge in [-0.05, 0) is 22.0 Å². The van der Waals surface area contributed by atoms with E-state index in [0.717, 1.165) is 4.47 Å². The third-order valence-corrected chi connectivity index (χ3v) is 2.15. The normalized spacial score (nSPS) is 10.7. The van der Waals surface area contributed by atoms with Crippen molar-refractivity contribution in [3.05, 3.63) is 32.9 Å². The number of hydrogen-bond acceptors (Lipinski definition) is 4. The first-order valence-corrected chi connectivity index (χ1v) is 4.65. The van der Waals surface area contributed by atoms with Crippen LogP contribution in [0.3, 0.4) is 0 Å². The summed E-state index contributed by atoms with van der Waals surface area (Å²) in [7, 11) is 0. The molecule has 0 saturated carbocycles. The lowest BCUT2D eigenvalue weighted by Gasteiger charge is -1.99. The number of H-pyrrole nitrogens is 1. The van der Waals surface area contributed by atoms with Crippen molar-refractivity contribution in [1.29, 1.82) is 0 Å². The monoisotopic (exact) mass is 255 g/mol. The number of aliphatic hydroxyl groups is 1. The van der Waals surface area contributed by atoms with Crippen LogP contribution in [0.1, 0.15) is 5.82 Å². The van der Waals surface area contributed by atoms with Crippen LogP contribution in [0.2, 0.25) is 0 Å². The van der Waals surface area contributed by atoms with Crippen molar-refractivity contribution in [3.8, 4) is 0 Å². The van der Waals surface area contributed by atoms with Gasteiger partial charge in [-0.2, -0.15) is 0 Å². The summed E-state index contributed by atoms with van der Waals surface area (Å²) in [5.74, 6) is 0.238. The minimum absolute atomic E-state index is 0.238. The quantitative estimate of drug-likeness (QED) is 0.781. The van der Waals surface area contributed by atoms with Crippen molar-refractivity contribution >= 4 is 27.0 Å². The summed E-state index contributed by atoms with van der Waals surface area (Å²) in [5, 5.41) is 8.83.